The molecule has 0 aliphatic heterocycles. The maximum absolute atomic E-state index is 12.1. The van der Waals surface area contributed by atoms with Crippen molar-refractivity contribution >= 4 is 21.7 Å². The highest BCUT2D eigenvalue weighted by Crippen LogP contribution is 2.28. The number of sulfonamides is 1. The first-order valence-corrected chi connectivity index (χ1v) is 12.4. The molecule has 0 fully saturated rings. The second-order valence-electron chi connectivity index (χ2n) is 8.00. The number of hydrogen-bond acceptors (Lipinski definition) is 6. The lowest BCUT2D eigenvalue weighted by molar-refractivity contribution is -0.121. The van der Waals surface area contributed by atoms with Crippen molar-refractivity contribution in [2.24, 2.45) is 0 Å². The third kappa shape index (κ3) is 9.23. The molecule has 0 radical (unpaired) electrons. The van der Waals surface area contributed by atoms with Crippen molar-refractivity contribution in [3.05, 3.63) is 59.2 Å². The van der Waals surface area contributed by atoms with E-state index in [-0.39, 0.29) is 23.5 Å². The third-order valence-corrected chi connectivity index (χ3v) is 6.20. The Labute approximate surface area is 195 Å². The minimum Gasteiger partial charge on any atom is -0.493 e. The van der Waals surface area contributed by atoms with E-state index in [2.05, 4.69) is 10.0 Å². The second kappa shape index (κ2) is 12.4. The van der Waals surface area contributed by atoms with Crippen molar-refractivity contribution in [1.82, 2.24) is 10.0 Å². The van der Waals surface area contributed by atoms with Gasteiger partial charge in [0.25, 0.3) is 0 Å². The lowest BCUT2D eigenvalue weighted by Crippen LogP contribution is -2.31. The van der Waals surface area contributed by atoms with Gasteiger partial charge in [-0.05, 0) is 56.5 Å². The van der Waals surface area contributed by atoms with Crippen LogP contribution in [0.15, 0.2) is 42.5 Å². The van der Waals surface area contributed by atoms with Gasteiger partial charge in [0, 0.05) is 24.6 Å². The van der Waals surface area contributed by atoms with E-state index in [1.807, 2.05) is 0 Å². The van der Waals surface area contributed by atoms with Crippen LogP contribution in [-0.4, -0.2) is 39.9 Å². The maximum Gasteiger partial charge on any atom is 0.220 e. The Bertz CT molecular complexity index is 1050. The number of nitrogens with one attached hydrogen (secondary N) is 2. The molecule has 8 nitrogen and oxygen atoms in total. The van der Waals surface area contributed by atoms with Gasteiger partial charge in [-0.15, -0.1) is 0 Å². The highest BCUT2D eigenvalue weighted by Gasteiger charge is 2.13. The van der Waals surface area contributed by atoms with Gasteiger partial charge < -0.3 is 14.8 Å². The van der Waals surface area contributed by atoms with Crippen molar-refractivity contribution in [1.29, 1.82) is 0 Å². The zero-order valence-corrected chi connectivity index (χ0v) is 20.3. The van der Waals surface area contributed by atoms with E-state index in [1.165, 1.54) is 14.0 Å². The predicted molar refractivity (Wildman–Crippen MR) is 127 cm³/mol. The average Bonchev–Trinajstić information content (AvgIpc) is 2.75. The van der Waals surface area contributed by atoms with Crippen LogP contribution < -0.4 is 19.5 Å². The number of benzene rings is 2. The molecule has 0 spiro atoms. The maximum atomic E-state index is 12.1. The van der Waals surface area contributed by atoms with Crippen molar-refractivity contribution in [2.75, 3.05) is 13.7 Å². The Balaban J connectivity index is 1.74. The number of ketones is 1. The first-order chi connectivity index (χ1) is 15.6. The molecule has 2 N–H and O–H groups in total. The topological polar surface area (TPSA) is 111 Å². The van der Waals surface area contributed by atoms with Crippen molar-refractivity contribution in [3.8, 4) is 11.5 Å². The first-order valence-electron chi connectivity index (χ1n) is 10.8. The highest BCUT2D eigenvalue weighted by atomic mass is 32.2. The van der Waals surface area contributed by atoms with Gasteiger partial charge in [-0.3, -0.25) is 9.59 Å². The summed E-state index contributed by atoms with van der Waals surface area (Å²) in [6, 6.07) is 12.0. The molecule has 0 bridgehead atoms. The van der Waals surface area contributed by atoms with Crippen molar-refractivity contribution in [2.45, 2.75) is 52.0 Å². The average molecular weight is 477 g/mol. The number of amides is 1. The standard InChI is InChI=1S/C24H32N2O6S/c1-17(2)26-33(29,30)16-20-9-7-19(8-10-20)15-25-24(28)6-5-13-32-22-12-11-21(18(3)27)14-23(22)31-4/h7-12,14,17,26H,5-6,13,15-16H2,1-4H3,(H,25,28). The Kier molecular flexibility index (Phi) is 9.87. The summed E-state index contributed by atoms with van der Waals surface area (Å²) in [6.45, 7) is 5.73. The molecule has 33 heavy (non-hydrogen) atoms. The lowest BCUT2D eigenvalue weighted by Gasteiger charge is -2.12. The normalized spacial score (nSPS) is 11.3. The van der Waals surface area contributed by atoms with Crippen LogP contribution in [0, 0.1) is 0 Å². The molecule has 2 rings (SSSR count). The molecular formula is C24H32N2O6S. The molecule has 0 unspecified atom stereocenters. The quantitative estimate of drug-likeness (QED) is 0.339. The third-order valence-electron chi connectivity index (χ3n) is 4.66. The fourth-order valence-corrected chi connectivity index (χ4v) is 4.52. The zero-order chi connectivity index (χ0) is 24.4. The Morgan fingerprint density at radius 2 is 1.67 bits per heavy atom. The first kappa shape index (κ1) is 26.3. The summed E-state index contributed by atoms with van der Waals surface area (Å²) in [5, 5.41) is 2.85. The summed E-state index contributed by atoms with van der Waals surface area (Å²) >= 11 is 0. The van der Waals surface area contributed by atoms with Gasteiger partial charge in [-0.2, -0.15) is 0 Å². The number of rotatable bonds is 13. The van der Waals surface area contributed by atoms with Gasteiger partial charge in [0.15, 0.2) is 17.3 Å². The van der Waals surface area contributed by atoms with Crippen LogP contribution in [0.25, 0.3) is 0 Å². The van der Waals surface area contributed by atoms with E-state index in [0.29, 0.717) is 48.6 Å². The van der Waals surface area contributed by atoms with E-state index < -0.39 is 10.0 Å². The van der Waals surface area contributed by atoms with E-state index in [9.17, 15) is 18.0 Å². The molecular weight excluding hydrogens is 444 g/mol. The van der Waals surface area contributed by atoms with Crippen LogP contribution in [0.3, 0.4) is 0 Å². The molecule has 0 saturated heterocycles. The molecule has 0 aromatic heterocycles. The van der Waals surface area contributed by atoms with E-state index in [1.54, 1.807) is 56.3 Å². The summed E-state index contributed by atoms with van der Waals surface area (Å²) in [5.41, 5.74) is 2.11. The van der Waals surface area contributed by atoms with Crippen LogP contribution in [0.4, 0.5) is 0 Å². The van der Waals surface area contributed by atoms with E-state index >= 15 is 0 Å². The predicted octanol–water partition coefficient (Wildman–Crippen LogP) is 3.20. The van der Waals surface area contributed by atoms with Crippen LogP contribution in [0.1, 0.15) is 55.1 Å². The smallest absolute Gasteiger partial charge is 0.220 e. The Hall–Kier alpha value is -2.91. The van der Waals surface area contributed by atoms with E-state index in [4.69, 9.17) is 9.47 Å². The largest absolute Gasteiger partial charge is 0.493 e. The number of carbonyl (C=O) groups is 2. The highest BCUT2D eigenvalue weighted by molar-refractivity contribution is 7.88. The molecule has 1 amide bonds. The monoisotopic (exact) mass is 476 g/mol. The van der Waals surface area contributed by atoms with Gasteiger partial charge in [0.1, 0.15) is 0 Å². The molecule has 2 aromatic rings. The second-order valence-corrected chi connectivity index (χ2v) is 9.75. The van der Waals surface area contributed by atoms with Gasteiger partial charge >= 0.3 is 0 Å². The molecule has 0 aliphatic carbocycles. The summed E-state index contributed by atoms with van der Waals surface area (Å²) in [4.78, 5) is 23.6. The van der Waals surface area contributed by atoms with Crippen LogP contribution in [0.2, 0.25) is 0 Å². The summed E-state index contributed by atoms with van der Waals surface area (Å²) in [6.07, 6.45) is 0.814. The summed E-state index contributed by atoms with van der Waals surface area (Å²) in [7, 11) is -1.86. The fraction of sp³-hybridized carbons (Fsp3) is 0.417. The van der Waals surface area contributed by atoms with Gasteiger partial charge in [-0.25, -0.2) is 13.1 Å². The fourth-order valence-electron chi connectivity index (χ4n) is 3.08. The summed E-state index contributed by atoms with van der Waals surface area (Å²) in [5.74, 6) is 0.752. The minimum absolute atomic E-state index is 0.0562. The molecule has 0 aliphatic rings. The Morgan fingerprint density at radius 1 is 1.00 bits per heavy atom. The van der Waals surface area contributed by atoms with Gasteiger partial charge in [-0.1, -0.05) is 24.3 Å². The molecule has 0 heterocycles. The molecule has 9 heteroatoms. The zero-order valence-electron chi connectivity index (χ0n) is 19.5. The van der Waals surface area contributed by atoms with Crippen LogP contribution in [-0.2, 0) is 27.1 Å². The van der Waals surface area contributed by atoms with Crippen LogP contribution >= 0.6 is 0 Å². The number of carbonyl (C=O) groups excluding carboxylic acids is 2. The molecule has 2 aromatic carbocycles. The number of Topliss-reactive ketones (excluding diaryl/α,β-unsaturated/α-hetero) is 1. The Morgan fingerprint density at radius 3 is 2.27 bits per heavy atom. The number of methoxy groups -OCH3 is 1. The summed E-state index contributed by atoms with van der Waals surface area (Å²) < 4.78 is 37.5. The van der Waals surface area contributed by atoms with Gasteiger partial charge in [0.2, 0.25) is 15.9 Å². The molecule has 0 atom stereocenters. The van der Waals surface area contributed by atoms with E-state index in [0.717, 1.165) is 5.56 Å². The van der Waals surface area contributed by atoms with Gasteiger partial charge in [0.05, 0.1) is 19.5 Å². The van der Waals surface area contributed by atoms with Crippen molar-refractivity contribution in [3.63, 3.8) is 0 Å². The molecule has 180 valence electrons. The van der Waals surface area contributed by atoms with Crippen molar-refractivity contribution < 1.29 is 27.5 Å². The van der Waals surface area contributed by atoms with Crippen LogP contribution in [0.5, 0.6) is 11.5 Å². The minimum atomic E-state index is -3.37. The SMILES string of the molecule is COc1cc(C(C)=O)ccc1OCCCC(=O)NCc1ccc(CS(=O)(=O)NC(C)C)cc1. The lowest BCUT2D eigenvalue weighted by atomic mass is 10.1. The molecule has 0 saturated carbocycles. The number of hydrogen-bond donors (Lipinski definition) is 2. The number of ether oxygens (including phenoxy) is 2.